The molecule has 5 heteroatoms. The minimum atomic E-state index is -0.250. The first-order valence-corrected chi connectivity index (χ1v) is 7.75. The van der Waals surface area contributed by atoms with Crippen LogP contribution in [0.5, 0.6) is 0 Å². The van der Waals surface area contributed by atoms with E-state index in [9.17, 15) is 4.79 Å². The van der Waals surface area contributed by atoms with Gasteiger partial charge >= 0.3 is 0 Å². The number of thioether (sulfide) groups is 1. The predicted octanol–water partition coefficient (Wildman–Crippen LogP) is 1.23. The summed E-state index contributed by atoms with van der Waals surface area (Å²) in [5.74, 6) is -0.250. The largest absolute Gasteiger partial charge is 0.368 e. The molecule has 0 bridgehead atoms. The summed E-state index contributed by atoms with van der Waals surface area (Å²) >= 11 is 1.73. The van der Waals surface area contributed by atoms with E-state index in [1.165, 1.54) is 10.5 Å². The first kappa shape index (κ1) is 14.4. The van der Waals surface area contributed by atoms with Crippen molar-refractivity contribution in [2.45, 2.75) is 23.9 Å². The van der Waals surface area contributed by atoms with Gasteiger partial charge in [0.25, 0.3) is 0 Å². The maximum Gasteiger partial charge on any atom is 0.236 e. The van der Waals surface area contributed by atoms with Crippen molar-refractivity contribution in [3.8, 4) is 0 Å². The van der Waals surface area contributed by atoms with Gasteiger partial charge in [0, 0.05) is 30.6 Å². The zero-order valence-electron chi connectivity index (χ0n) is 11.4. The third-order valence-electron chi connectivity index (χ3n) is 3.71. The number of nitrogens with two attached hydrogens (primary N) is 1. The van der Waals surface area contributed by atoms with Gasteiger partial charge in [-0.2, -0.15) is 0 Å². The van der Waals surface area contributed by atoms with E-state index in [-0.39, 0.29) is 18.0 Å². The van der Waals surface area contributed by atoms with Crippen LogP contribution < -0.4 is 11.1 Å². The van der Waals surface area contributed by atoms with Gasteiger partial charge in [0.1, 0.15) is 6.04 Å². The molecule has 1 amide bonds. The molecule has 1 aromatic carbocycles. The maximum absolute atomic E-state index is 11.5. The van der Waals surface area contributed by atoms with Crippen molar-refractivity contribution in [3.05, 3.63) is 29.8 Å². The van der Waals surface area contributed by atoms with Crippen molar-refractivity contribution in [1.82, 2.24) is 10.2 Å². The molecule has 1 aliphatic heterocycles. The van der Waals surface area contributed by atoms with Crippen LogP contribution in [-0.4, -0.2) is 42.7 Å². The van der Waals surface area contributed by atoms with Crippen LogP contribution in [0.4, 0.5) is 0 Å². The molecule has 2 unspecified atom stereocenters. The van der Waals surface area contributed by atoms with Crippen LogP contribution in [0.25, 0.3) is 0 Å². The molecule has 2 atom stereocenters. The van der Waals surface area contributed by atoms with Crippen LogP contribution in [0.3, 0.4) is 0 Å². The van der Waals surface area contributed by atoms with Crippen molar-refractivity contribution in [2.24, 2.45) is 5.73 Å². The van der Waals surface area contributed by atoms with Crippen LogP contribution in [0.2, 0.25) is 0 Å². The summed E-state index contributed by atoms with van der Waals surface area (Å²) in [6.45, 7) is 4.52. The Morgan fingerprint density at radius 1 is 1.47 bits per heavy atom. The summed E-state index contributed by atoms with van der Waals surface area (Å²) in [6.07, 6.45) is 2.07. The summed E-state index contributed by atoms with van der Waals surface area (Å²) in [7, 11) is 0. The number of benzene rings is 1. The van der Waals surface area contributed by atoms with Crippen LogP contribution >= 0.6 is 11.8 Å². The Bertz CT molecular complexity index is 435. The van der Waals surface area contributed by atoms with Gasteiger partial charge in [-0.15, -0.1) is 11.8 Å². The van der Waals surface area contributed by atoms with Crippen molar-refractivity contribution >= 4 is 17.7 Å². The van der Waals surface area contributed by atoms with Crippen LogP contribution in [-0.2, 0) is 4.79 Å². The van der Waals surface area contributed by atoms with Gasteiger partial charge in [-0.25, -0.2) is 0 Å². The molecule has 0 aliphatic carbocycles. The lowest BCUT2D eigenvalue weighted by atomic mass is 10.0. The van der Waals surface area contributed by atoms with Crippen molar-refractivity contribution in [2.75, 3.05) is 25.9 Å². The molecule has 0 saturated carbocycles. The second kappa shape index (κ2) is 6.41. The zero-order valence-corrected chi connectivity index (χ0v) is 12.2. The minimum Gasteiger partial charge on any atom is -0.368 e. The SMILES string of the molecule is CSc1ccc(C(C)N2CCNCC2C(N)=O)cc1. The normalized spacial score (nSPS) is 22.1. The number of nitrogens with zero attached hydrogens (tertiary/aromatic N) is 1. The Kier molecular flexibility index (Phi) is 4.85. The lowest BCUT2D eigenvalue weighted by Crippen LogP contribution is -2.57. The van der Waals surface area contributed by atoms with E-state index in [0.717, 1.165) is 13.1 Å². The Morgan fingerprint density at radius 3 is 2.74 bits per heavy atom. The van der Waals surface area contributed by atoms with Gasteiger partial charge < -0.3 is 11.1 Å². The molecule has 1 saturated heterocycles. The second-order valence-electron chi connectivity index (χ2n) is 4.81. The lowest BCUT2D eigenvalue weighted by Gasteiger charge is -2.38. The smallest absolute Gasteiger partial charge is 0.236 e. The Balaban J connectivity index is 2.15. The third-order valence-corrected chi connectivity index (χ3v) is 4.45. The van der Waals surface area contributed by atoms with E-state index in [0.29, 0.717) is 6.54 Å². The van der Waals surface area contributed by atoms with Crippen LogP contribution in [0, 0.1) is 0 Å². The first-order valence-electron chi connectivity index (χ1n) is 6.53. The highest BCUT2D eigenvalue weighted by molar-refractivity contribution is 7.98. The van der Waals surface area contributed by atoms with Gasteiger partial charge in [0.15, 0.2) is 0 Å². The standard InChI is InChI=1S/C14H21N3OS/c1-10(11-3-5-12(19-2)6-4-11)17-8-7-16-9-13(17)14(15)18/h3-6,10,13,16H,7-9H2,1-2H3,(H2,15,18). The number of carbonyl (C=O) groups excluding carboxylic acids is 1. The first-order chi connectivity index (χ1) is 9.13. The number of amides is 1. The number of piperazine rings is 1. The zero-order chi connectivity index (χ0) is 13.8. The summed E-state index contributed by atoms with van der Waals surface area (Å²) in [5.41, 5.74) is 6.72. The number of primary amides is 1. The van der Waals surface area contributed by atoms with E-state index in [2.05, 4.69) is 47.7 Å². The van der Waals surface area contributed by atoms with Crippen molar-refractivity contribution in [3.63, 3.8) is 0 Å². The highest BCUT2D eigenvalue weighted by Crippen LogP contribution is 2.25. The maximum atomic E-state index is 11.5. The fourth-order valence-electron chi connectivity index (χ4n) is 2.52. The molecule has 0 spiro atoms. The Hall–Kier alpha value is -1.04. The molecule has 1 fully saturated rings. The molecule has 1 aliphatic rings. The van der Waals surface area contributed by atoms with Gasteiger partial charge in [-0.1, -0.05) is 12.1 Å². The fourth-order valence-corrected chi connectivity index (χ4v) is 2.93. The molecule has 0 radical (unpaired) electrons. The molecule has 0 aromatic heterocycles. The van der Waals surface area contributed by atoms with Gasteiger partial charge in [-0.3, -0.25) is 9.69 Å². The monoisotopic (exact) mass is 279 g/mol. The van der Waals surface area contributed by atoms with E-state index in [1.54, 1.807) is 11.8 Å². The molecule has 1 heterocycles. The van der Waals surface area contributed by atoms with Gasteiger partial charge in [0.2, 0.25) is 5.91 Å². The van der Waals surface area contributed by atoms with Gasteiger partial charge in [0.05, 0.1) is 0 Å². The molecular formula is C14H21N3OS. The summed E-state index contributed by atoms with van der Waals surface area (Å²) < 4.78 is 0. The van der Waals surface area contributed by atoms with Gasteiger partial charge in [-0.05, 0) is 30.9 Å². The molecule has 3 N–H and O–H groups in total. The molecule has 2 rings (SSSR count). The quantitative estimate of drug-likeness (QED) is 0.814. The summed E-state index contributed by atoms with van der Waals surface area (Å²) in [6, 6.07) is 8.50. The number of hydrogen-bond acceptors (Lipinski definition) is 4. The predicted molar refractivity (Wildman–Crippen MR) is 79.2 cm³/mol. The second-order valence-corrected chi connectivity index (χ2v) is 5.69. The van der Waals surface area contributed by atoms with Crippen molar-refractivity contribution in [1.29, 1.82) is 0 Å². The lowest BCUT2D eigenvalue weighted by molar-refractivity contribution is -0.124. The van der Waals surface area contributed by atoms with Crippen LogP contribution in [0.1, 0.15) is 18.5 Å². The molecule has 104 valence electrons. The molecular weight excluding hydrogens is 258 g/mol. The van der Waals surface area contributed by atoms with Crippen molar-refractivity contribution < 1.29 is 4.79 Å². The number of hydrogen-bond donors (Lipinski definition) is 2. The average molecular weight is 279 g/mol. The van der Waals surface area contributed by atoms with Crippen LogP contribution in [0.15, 0.2) is 29.2 Å². The molecule has 19 heavy (non-hydrogen) atoms. The topological polar surface area (TPSA) is 58.4 Å². The molecule has 4 nitrogen and oxygen atoms in total. The van der Waals surface area contributed by atoms with E-state index >= 15 is 0 Å². The van der Waals surface area contributed by atoms with E-state index in [1.807, 2.05) is 0 Å². The number of nitrogens with one attached hydrogen (secondary N) is 1. The van der Waals surface area contributed by atoms with E-state index < -0.39 is 0 Å². The van der Waals surface area contributed by atoms with E-state index in [4.69, 9.17) is 5.73 Å². The highest BCUT2D eigenvalue weighted by Gasteiger charge is 2.30. The Morgan fingerprint density at radius 2 is 2.16 bits per heavy atom. The number of carbonyl (C=O) groups is 1. The number of rotatable bonds is 4. The Labute approximate surface area is 118 Å². The fraction of sp³-hybridized carbons (Fsp3) is 0.500. The molecule has 1 aromatic rings. The summed E-state index contributed by atoms with van der Waals surface area (Å²) in [5, 5.41) is 3.22. The highest BCUT2D eigenvalue weighted by atomic mass is 32.2. The third kappa shape index (κ3) is 3.29. The average Bonchev–Trinajstić information content (AvgIpc) is 2.46. The minimum absolute atomic E-state index is 0.204. The summed E-state index contributed by atoms with van der Waals surface area (Å²) in [4.78, 5) is 15.0.